The largest absolute Gasteiger partial charge is 0.379 e. The van der Waals surface area contributed by atoms with Crippen molar-refractivity contribution in [3.05, 3.63) is 0 Å². The maximum Gasteiger partial charge on any atom is 0.0708 e. The molecule has 2 nitrogen and oxygen atoms in total. The quantitative estimate of drug-likeness (QED) is 0.390. The van der Waals surface area contributed by atoms with E-state index in [4.69, 9.17) is 9.47 Å². The Kier molecular flexibility index (Phi) is 11.7. The van der Waals surface area contributed by atoms with Gasteiger partial charge in [-0.25, -0.2) is 0 Å². The fourth-order valence-electron chi connectivity index (χ4n) is 2.46. The van der Waals surface area contributed by atoms with Gasteiger partial charge in [0.15, 0.2) is 0 Å². The smallest absolute Gasteiger partial charge is 0.0708 e. The molecule has 0 amide bonds. The summed E-state index contributed by atoms with van der Waals surface area (Å²) >= 11 is 0. The van der Waals surface area contributed by atoms with Crippen LogP contribution in [-0.2, 0) is 9.47 Å². The van der Waals surface area contributed by atoms with Gasteiger partial charge in [-0.05, 0) is 25.4 Å². The van der Waals surface area contributed by atoms with E-state index in [-0.39, 0.29) is 5.60 Å². The van der Waals surface area contributed by atoms with Crippen molar-refractivity contribution >= 4 is 9.24 Å². The van der Waals surface area contributed by atoms with E-state index in [0.717, 1.165) is 26.0 Å². The third-order valence-electron chi connectivity index (χ3n) is 3.01. The molecule has 0 bridgehead atoms. The topological polar surface area (TPSA) is 18.5 Å². The lowest BCUT2D eigenvalue weighted by atomic mass is 9.88. The third-order valence-corrected chi connectivity index (χ3v) is 3.25. The monoisotopic (exact) mass is 262 g/mol. The molecule has 0 aliphatic rings. The van der Waals surface area contributed by atoms with Crippen LogP contribution >= 0.6 is 9.24 Å². The van der Waals surface area contributed by atoms with Crippen LogP contribution in [0.4, 0.5) is 0 Å². The molecule has 1 atom stereocenters. The Morgan fingerprint density at radius 3 is 1.76 bits per heavy atom. The average molecular weight is 262 g/mol. The molecule has 0 radical (unpaired) electrons. The maximum atomic E-state index is 6.17. The number of ether oxygens (including phenoxy) is 2. The van der Waals surface area contributed by atoms with E-state index < -0.39 is 0 Å². The van der Waals surface area contributed by atoms with Crippen LogP contribution in [0, 0.1) is 0 Å². The minimum atomic E-state index is 0.114. The summed E-state index contributed by atoms with van der Waals surface area (Å²) in [7, 11) is 2.68. The lowest BCUT2D eigenvalue weighted by molar-refractivity contribution is -0.0826. The van der Waals surface area contributed by atoms with Gasteiger partial charge in [0.1, 0.15) is 0 Å². The van der Waals surface area contributed by atoms with Crippen LogP contribution in [-0.4, -0.2) is 31.6 Å². The highest BCUT2D eigenvalue weighted by Crippen LogP contribution is 2.29. The summed E-state index contributed by atoms with van der Waals surface area (Å²) in [4.78, 5) is 0. The SMILES string of the molecule is CCCC(CCC)(CCC)OCCOCCP. The van der Waals surface area contributed by atoms with Gasteiger partial charge in [-0.3, -0.25) is 0 Å². The molecule has 0 saturated heterocycles. The van der Waals surface area contributed by atoms with Crippen LogP contribution in [0.5, 0.6) is 0 Å². The van der Waals surface area contributed by atoms with E-state index in [1.165, 1.54) is 38.5 Å². The fraction of sp³-hybridized carbons (Fsp3) is 1.00. The molecule has 0 aromatic rings. The van der Waals surface area contributed by atoms with Crippen molar-refractivity contribution in [1.82, 2.24) is 0 Å². The van der Waals surface area contributed by atoms with Crippen LogP contribution < -0.4 is 0 Å². The van der Waals surface area contributed by atoms with Crippen LogP contribution in [0.2, 0.25) is 0 Å². The second-order valence-electron chi connectivity index (χ2n) is 4.68. The van der Waals surface area contributed by atoms with E-state index in [0.29, 0.717) is 0 Å². The molecule has 0 aliphatic heterocycles. The van der Waals surface area contributed by atoms with Gasteiger partial charge in [-0.1, -0.05) is 40.0 Å². The molecule has 0 spiro atoms. The summed E-state index contributed by atoms with van der Waals surface area (Å²) in [5, 5.41) is 0. The zero-order valence-corrected chi connectivity index (χ0v) is 13.1. The summed E-state index contributed by atoms with van der Waals surface area (Å²) in [6, 6.07) is 0. The van der Waals surface area contributed by atoms with Gasteiger partial charge in [0.05, 0.1) is 25.4 Å². The van der Waals surface area contributed by atoms with E-state index in [1.54, 1.807) is 0 Å². The zero-order chi connectivity index (χ0) is 13.0. The van der Waals surface area contributed by atoms with Gasteiger partial charge in [0, 0.05) is 0 Å². The Morgan fingerprint density at radius 2 is 1.35 bits per heavy atom. The zero-order valence-electron chi connectivity index (χ0n) is 12.0. The first kappa shape index (κ1) is 17.4. The van der Waals surface area contributed by atoms with Crippen molar-refractivity contribution < 1.29 is 9.47 Å². The minimum absolute atomic E-state index is 0.114. The van der Waals surface area contributed by atoms with Gasteiger partial charge in [-0.15, -0.1) is 9.24 Å². The molecule has 0 aliphatic carbocycles. The predicted octanol–water partition coefficient (Wildman–Crippen LogP) is 4.03. The second kappa shape index (κ2) is 11.4. The lowest BCUT2D eigenvalue weighted by Gasteiger charge is -2.33. The summed E-state index contributed by atoms with van der Waals surface area (Å²) in [5.74, 6) is 0. The number of hydrogen-bond acceptors (Lipinski definition) is 2. The van der Waals surface area contributed by atoms with E-state index in [1.807, 2.05) is 0 Å². The molecule has 0 saturated carbocycles. The highest BCUT2D eigenvalue weighted by atomic mass is 31.0. The van der Waals surface area contributed by atoms with Crippen molar-refractivity contribution in [2.24, 2.45) is 0 Å². The molecule has 3 heteroatoms. The van der Waals surface area contributed by atoms with Crippen LogP contribution in [0.25, 0.3) is 0 Å². The highest BCUT2D eigenvalue weighted by Gasteiger charge is 2.27. The Balaban J connectivity index is 4.05. The molecule has 0 aromatic heterocycles. The van der Waals surface area contributed by atoms with Gasteiger partial charge in [-0.2, -0.15) is 0 Å². The predicted molar refractivity (Wildman–Crippen MR) is 78.8 cm³/mol. The molecule has 0 N–H and O–H groups in total. The lowest BCUT2D eigenvalue weighted by Crippen LogP contribution is -2.33. The molecular weight excluding hydrogens is 231 g/mol. The molecule has 104 valence electrons. The van der Waals surface area contributed by atoms with Crippen molar-refractivity contribution in [3.8, 4) is 0 Å². The Morgan fingerprint density at radius 1 is 0.824 bits per heavy atom. The first-order chi connectivity index (χ1) is 8.24. The van der Waals surface area contributed by atoms with Crippen LogP contribution in [0.1, 0.15) is 59.3 Å². The maximum absolute atomic E-state index is 6.17. The van der Waals surface area contributed by atoms with Gasteiger partial charge in [0.25, 0.3) is 0 Å². The van der Waals surface area contributed by atoms with Crippen LogP contribution in [0.3, 0.4) is 0 Å². The van der Waals surface area contributed by atoms with Crippen molar-refractivity contribution in [2.75, 3.05) is 26.0 Å². The number of hydrogen-bond donors (Lipinski definition) is 0. The van der Waals surface area contributed by atoms with E-state index in [9.17, 15) is 0 Å². The standard InChI is InChI=1S/C14H31O2P/c1-4-7-14(8-5-2,9-6-3)16-11-10-15-12-13-17/h4-13,17H2,1-3H3. The Bertz CT molecular complexity index is 145. The average Bonchev–Trinajstić information content (AvgIpc) is 2.30. The first-order valence-corrected chi connectivity index (χ1v) is 7.98. The molecule has 0 fully saturated rings. The molecule has 0 rings (SSSR count). The third kappa shape index (κ3) is 8.13. The Hall–Kier alpha value is 0.350. The van der Waals surface area contributed by atoms with Gasteiger partial charge < -0.3 is 9.47 Å². The van der Waals surface area contributed by atoms with Crippen molar-refractivity contribution in [3.63, 3.8) is 0 Å². The van der Waals surface area contributed by atoms with Gasteiger partial charge >= 0.3 is 0 Å². The number of rotatable bonds is 12. The summed E-state index contributed by atoms with van der Waals surface area (Å²) in [6.45, 7) is 9.02. The molecular formula is C14H31O2P. The van der Waals surface area contributed by atoms with Crippen LogP contribution in [0.15, 0.2) is 0 Å². The van der Waals surface area contributed by atoms with E-state index >= 15 is 0 Å². The summed E-state index contributed by atoms with van der Waals surface area (Å²) < 4.78 is 11.6. The summed E-state index contributed by atoms with van der Waals surface area (Å²) in [6.07, 6.45) is 8.14. The molecule has 0 aromatic carbocycles. The van der Waals surface area contributed by atoms with E-state index in [2.05, 4.69) is 30.0 Å². The van der Waals surface area contributed by atoms with Gasteiger partial charge in [0.2, 0.25) is 0 Å². The minimum Gasteiger partial charge on any atom is -0.379 e. The summed E-state index contributed by atoms with van der Waals surface area (Å²) in [5.41, 5.74) is 0.114. The first-order valence-electron chi connectivity index (χ1n) is 7.16. The van der Waals surface area contributed by atoms with Crippen molar-refractivity contribution in [1.29, 1.82) is 0 Å². The molecule has 1 unspecified atom stereocenters. The Labute approximate surface area is 110 Å². The van der Waals surface area contributed by atoms with Crippen molar-refractivity contribution in [2.45, 2.75) is 64.9 Å². The molecule has 17 heavy (non-hydrogen) atoms. The second-order valence-corrected chi connectivity index (χ2v) is 5.26. The normalized spacial score (nSPS) is 12.0. The molecule has 0 heterocycles. The highest BCUT2D eigenvalue weighted by molar-refractivity contribution is 7.16. The fourth-order valence-corrected chi connectivity index (χ4v) is 2.63.